The smallest absolute Gasteiger partial charge is 0.290 e. The van der Waals surface area contributed by atoms with Crippen LogP contribution in [-0.4, -0.2) is 25.5 Å². The summed E-state index contributed by atoms with van der Waals surface area (Å²) in [4.78, 5) is 36.1. The van der Waals surface area contributed by atoms with Crippen LogP contribution in [0.4, 0.5) is 16.2 Å². The van der Waals surface area contributed by atoms with Gasteiger partial charge in [-0.2, -0.15) is 0 Å². The summed E-state index contributed by atoms with van der Waals surface area (Å²) in [7, 11) is -3.74. The van der Waals surface area contributed by atoms with Crippen molar-refractivity contribution < 1.29 is 22.8 Å². The number of imide groups is 1. The molecule has 10 heteroatoms. The Hall–Kier alpha value is -3.89. The lowest BCUT2D eigenvalue weighted by Gasteiger charge is -2.10. The van der Waals surface area contributed by atoms with E-state index in [1.807, 2.05) is 6.92 Å². The van der Waals surface area contributed by atoms with E-state index in [2.05, 4.69) is 15.4 Å². The van der Waals surface area contributed by atoms with Gasteiger partial charge in [0.25, 0.3) is 27.1 Å². The second-order valence-electron chi connectivity index (χ2n) is 7.43. The molecule has 1 fully saturated rings. The highest BCUT2D eigenvalue weighted by molar-refractivity contribution is 8.18. The quantitative estimate of drug-likeness (QED) is 0.439. The molecule has 0 bridgehead atoms. The number of carbonyl (C=O) groups excluding carboxylic acids is 3. The molecule has 3 N–H and O–H groups in total. The fourth-order valence-corrected chi connectivity index (χ4v) is 4.84. The number of benzene rings is 3. The third kappa shape index (κ3) is 5.53. The van der Waals surface area contributed by atoms with Crippen LogP contribution in [0.15, 0.2) is 82.6 Å². The predicted molar refractivity (Wildman–Crippen MR) is 132 cm³/mol. The molecular weight excluding hydrogens is 474 g/mol. The molecule has 172 valence electrons. The van der Waals surface area contributed by atoms with Gasteiger partial charge in [0.1, 0.15) is 0 Å². The highest BCUT2D eigenvalue weighted by Crippen LogP contribution is 2.26. The Morgan fingerprint density at radius 1 is 0.941 bits per heavy atom. The largest absolute Gasteiger partial charge is 0.322 e. The van der Waals surface area contributed by atoms with Gasteiger partial charge < -0.3 is 5.32 Å². The van der Waals surface area contributed by atoms with Gasteiger partial charge in [-0.3, -0.25) is 24.4 Å². The van der Waals surface area contributed by atoms with Crippen LogP contribution in [0.2, 0.25) is 0 Å². The fraction of sp³-hybridized carbons (Fsp3) is 0.0417. The second kappa shape index (κ2) is 9.54. The minimum Gasteiger partial charge on any atom is -0.322 e. The van der Waals surface area contributed by atoms with Gasteiger partial charge in [0, 0.05) is 16.9 Å². The molecule has 0 radical (unpaired) electrons. The van der Waals surface area contributed by atoms with E-state index in [-0.39, 0.29) is 15.7 Å². The maximum absolute atomic E-state index is 12.6. The zero-order valence-electron chi connectivity index (χ0n) is 17.9. The lowest BCUT2D eigenvalue weighted by molar-refractivity contribution is -0.115. The first-order valence-corrected chi connectivity index (χ1v) is 12.4. The van der Waals surface area contributed by atoms with Crippen LogP contribution in [0.3, 0.4) is 0 Å². The molecular formula is C24H19N3O5S2. The molecule has 1 aliphatic rings. The number of amides is 3. The van der Waals surface area contributed by atoms with E-state index >= 15 is 0 Å². The number of nitrogens with one attached hydrogen (secondary N) is 3. The summed E-state index contributed by atoms with van der Waals surface area (Å²) in [6, 6.07) is 19.4. The fourth-order valence-electron chi connectivity index (χ4n) is 3.10. The highest BCUT2D eigenvalue weighted by atomic mass is 32.2. The van der Waals surface area contributed by atoms with Gasteiger partial charge in [0.15, 0.2) is 0 Å². The van der Waals surface area contributed by atoms with Crippen molar-refractivity contribution in [3.05, 3.63) is 94.4 Å². The summed E-state index contributed by atoms with van der Waals surface area (Å²) < 4.78 is 27.5. The average molecular weight is 494 g/mol. The first kappa shape index (κ1) is 23.3. The van der Waals surface area contributed by atoms with Crippen LogP contribution >= 0.6 is 11.8 Å². The molecule has 0 saturated carbocycles. The van der Waals surface area contributed by atoms with E-state index in [1.165, 1.54) is 36.4 Å². The molecule has 0 unspecified atom stereocenters. The van der Waals surface area contributed by atoms with Gasteiger partial charge >= 0.3 is 0 Å². The summed E-state index contributed by atoms with van der Waals surface area (Å²) in [6.07, 6.45) is 1.56. The lowest BCUT2D eigenvalue weighted by atomic mass is 10.1. The minimum atomic E-state index is -3.74. The second-order valence-corrected chi connectivity index (χ2v) is 10.1. The number of sulfonamides is 1. The van der Waals surface area contributed by atoms with E-state index in [9.17, 15) is 22.8 Å². The molecule has 3 amide bonds. The predicted octanol–water partition coefficient (Wildman–Crippen LogP) is 4.37. The summed E-state index contributed by atoms with van der Waals surface area (Å²) in [5, 5.41) is 4.53. The average Bonchev–Trinajstić information content (AvgIpc) is 3.11. The third-order valence-electron chi connectivity index (χ3n) is 4.81. The monoisotopic (exact) mass is 493 g/mol. The number of hydrogen-bond donors (Lipinski definition) is 3. The van der Waals surface area contributed by atoms with Crippen molar-refractivity contribution >= 4 is 56.3 Å². The van der Waals surface area contributed by atoms with Crippen LogP contribution in [0.5, 0.6) is 0 Å². The summed E-state index contributed by atoms with van der Waals surface area (Å²) >= 11 is 0.815. The van der Waals surface area contributed by atoms with Crippen molar-refractivity contribution in [2.24, 2.45) is 0 Å². The molecule has 1 saturated heterocycles. The molecule has 0 aromatic heterocycles. The zero-order valence-corrected chi connectivity index (χ0v) is 19.5. The molecule has 0 aliphatic carbocycles. The Labute approximate surface area is 200 Å². The summed E-state index contributed by atoms with van der Waals surface area (Å²) in [6.45, 7) is 1.87. The summed E-state index contributed by atoms with van der Waals surface area (Å²) in [5.41, 5.74) is 2.75. The number of aryl methyl sites for hydroxylation is 1. The van der Waals surface area contributed by atoms with Crippen LogP contribution in [0.25, 0.3) is 6.08 Å². The van der Waals surface area contributed by atoms with Gasteiger partial charge in [-0.15, -0.1) is 0 Å². The van der Waals surface area contributed by atoms with Crippen molar-refractivity contribution in [3.8, 4) is 0 Å². The van der Waals surface area contributed by atoms with Gasteiger partial charge in [-0.1, -0.05) is 29.8 Å². The first-order valence-electron chi connectivity index (χ1n) is 10.1. The minimum absolute atomic E-state index is 0.146. The molecule has 0 atom stereocenters. The van der Waals surface area contributed by atoms with E-state index < -0.39 is 21.2 Å². The van der Waals surface area contributed by atoms with Gasteiger partial charge in [-0.25, -0.2) is 8.42 Å². The molecule has 1 aliphatic heterocycles. The SMILES string of the molecule is Cc1ccc(S(=O)(=O)Nc2ccc(C(=O)Nc3cccc(/C=C4/SC(=O)NC4=O)c3)cc2)cc1. The molecule has 3 aromatic carbocycles. The van der Waals surface area contributed by atoms with E-state index in [0.717, 1.165) is 17.3 Å². The molecule has 8 nitrogen and oxygen atoms in total. The van der Waals surface area contributed by atoms with Gasteiger partial charge in [-0.05, 0) is 78.9 Å². The summed E-state index contributed by atoms with van der Waals surface area (Å²) in [5.74, 6) is -0.844. The topological polar surface area (TPSA) is 121 Å². The van der Waals surface area contributed by atoms with Crippen molar-refractivity contribution in [1.82, 2.24) is 5.32 Å². The number of carbonyl (C=O) groups is 3. The van der Waals surface area contributed by atoms with Crippen LogP contribution < -0.4 is 15.4 Å². The van der Waals surface area contributed by atoms with Crippen molar-refractivity contribution in [2.75, 3.05) is 10.0 Å². The van der Waals surface area contributed by atoms with E-state index in [1.54, 1.807) is 42.5 Å². The third-order valence-corrected chi connectivity index (χ3v) is 7.02. The molecule has 0 spiro atoms. The van der Waals surface area contributed by atoms with Gasteiger partial charge in [0.05, 0.1) is 9.80 Å². The number of thioether (sulfide) groups is 1. The van der Waals surface area contributed by atoms with Crippen LogP contribution in [0.1, 0.15) is 21.5 Å². The van der Waals surface area contributed by atoms with Crippen molar-refractivity contribution in [2.45, 2.75) is 11.8 Å². The van der Waals surface area contributed by atoms with Gasteiger partial charge in [0.2, 0.25) is 0 Å². The Bertz CT molecular complexity index is 1410. The Morgan fingerprint density at radius 3 is 2.29 bits per heavy atom. The van der Waals surface area contributed by atoms with Crippen molar-refractivity contribution in [3.63, 3.8) is 0 Å². The molecule has 3 aromatic rings. The van der Waals surface area contributed by atoms with Crippen LogP contribution in [-0.2, 0) is 14.8 Å². The Kier molecular flexibility index (Phi) is 6.53. The number of rotatable bonds is 6. The Balaban J connectivity index is 1.43. The number of hydrogen-bond acceptors (Lipinski definition) is 6. The lowest BCUT2D eigenvalue weighted by Crippen LogP contribution is -2.17. The van der Waals surface area contributed by atoms with E-state index in [0.29, 0.717) is 22.5 Å². The zero-order chi connectivity index (χ0) is 24.3. The highest BCUT2D eigenvalue weighted by Gasteiger charge is 2.25. The molecule has 4 rings (SSSR count). The first-order chi connectivity index (χ1) is 16.2. The maximum atomic E-state index is 12.6. The maximum Gasteiger partial charge on any atom is 0.290 e. The van der Waals surface area contributed by atoms with E-state index in [4.69, 9.17) is 0 Å². The number of anilines is 2. The van der Waals surface area contributed by atoms with Crippen molar-refractivity contribution in [1.29, 1.82) is 0 Å². The molecule has 34 heavy (non-hydrogen) atoms. The van der Waals surface area contributed by atoms with Crippen LogP contribution in [0, 0.1) is 6.92 Å². The Morgan fingerprint density at radius 2 is 1.65 bits per heavy atom. The normalized spacial score (nSPS) is 14.7. The molecule has 1 heterocycles. The standard InChI is InChI=1S/C24H19N3O5S2/c1-15-5-11-20(12-6-15)34(31,32)27-18-9-7-17(8-10-18)22(28)25-19-4-2-3-16(13-19)14-21-23(29)26-24(30)33-21/h2-14,27H,1H3,(H,25,28)(H,26,29,30)/b21-14+.